The SMILES string of the molecule is CC12C3CC4C5CC6C7CC8C9C%10C%11CC3C%111C%101C42C2(C)C65C78C921. The zero-order valence-corrected chi connectivity index (χ0v) is 14.6. The van der Waals surface area contributed by atoms with Crippen LogP contribution in [0.4, 0.5) is 0 Å². The molecule has 0 bridgehead atoms. The van der Waals surface area contributed by atoms with Crippen LogP contribution in [-0.2, 0) is 0 Å². The van der Waals surface area contributed by atoms with E-state index >= 15 is 0 Å². The van der Waals surface area contributed by atoms with Crippen LogP contribution in [0.5, 0.6) is 0 Å². The van der Waals surface area contributed by atoms with Gasteiger partial charge in [-0.15, -0.1) is 0 Å². The lowest BCUT2D eigenvalue weighted by molar-refractivity contribution is -0.858. The van der Waals surface area contributed by atoms with Crippen LogP contribution in [0.25, 0.3) is 0 Å². The molecular weight excluding hydrogens is 288 g/mol. The fourth-order valence-corrected chi connectivity index (χ4v) is 20.8. The smallest absolute Gasteiger partial charge is 0.00548 e. The van der Waals surface area contributed by atoms with Crippen LogP contribution in [0.15, 0.2) is 0 Å². The summed E-state index contributed by atoms with van der Waals surface area (Å²) in [6.45, 7) is 5.90. The Bertz CT molecular complexity index is 1040. The molecule has 13 aliphatic rings. The van der Waals surface area contributed by atoms with E-state index in [0.29, 0.717) is 0 Å². The van der Waals surface area contributed by atoms with Crippen molar-refractivity contribution in [1.82, 2.24) is 0 Å². The lowest BCUT2D eigenvalue weighted by atomic mass is 8.72. The maximum atomic E-state index is 2.98. The zero-order valence-electron chi connectivity index (χ0n) is 14.6. The molecule has 0 aliphatic heterocycles. The van der Waals surface area contributed by atoms with E-state index < -0.39 is 0 Å². The minimum absolute atomic E-state index is 0.887. The molecule has 13 fully saturated rings. The van der Waals surface area contributed by atoms with E-state index in [9.17, 15) is 0 Å². The first-order valence-electron chi connectivity index (χ1n) is 11.7. The fourth-order valence-electron chi connectivity index (χ4n) is 20.8. The molecule has 0 aromatic carbocycles. The third-order valence-corrected chi connectivity index (χ3v) is 17.9. The number of hydrogen-bond acceptors (Lipinski definition) is 0. The Kier molecular flexibility index (Phi) is 0.676. The Morgan fingerprint density at radius 1 is 0.500 bits per heavy atom. The lowest BCUT2D eigenvalue weighted by Gasteiger charge is -3.31. The van der Waals surface area contributed by atoms with Crippen molar-refractivity contribution in [3.8, 4) is 0 Å². The van der Waals surface area contributed by atoms with Gasteiger partial charge in [0.15, 0.2) is 0 Å². The van der Waals surface area contributed by atoms with E-state index in [1.165, 1.54) is 59.2 Å². The molecule has 0 amide bonds. The topological polar surface area (TPSA) is 0 Å². The molecule has 13 saturated carbocycles. The van der Waals surface area contributed by atoms with Gasteiger partial charge in [0.2, 0.25) is 0 Å². The molecule has 0 aromatic rings. The molecule has 0 saturated heterocycles. The number of hydrogen-bond donors (Lipinski definition) is 0. The van der Waals surface area contributed by atoms with E-state index in [4.69, 9.17) is 0 Å². The second-order valence-corrected chi connectivity index (χ2v) is 14.2. The van der Waals surface area contributed by atoms with Gasteiger partial charge in [-0.1, -0.05) is 13.8 Å². The highest BCUT2D eigenvalue weighted by Crippen LogP contribution is 3.38. The first-order valence-corrected chi connectivity index (χ1v) is 11.7. The molecule has 120 valence electrons. The van der Waals surface area contributed by atoms with Crippen molar-refractivity contribution in [2.45, 2.75) is 39.5 Å². The number of rotatable bonds is 0. The standard InChI is InChI=1S/C24H24/c1-17-7-3-12-11-4-9-10-6-14-15-16-13-5-8(7)19(13,17)24(16)22(12,17)18(2)20(9,11)21(10,14)23(15,18)24/h7-16H,3-6H2,1-2H3. The molecule has 0 nitrogen and oxygen atoms in total. The van der Waals surface area contributed by atoms with Crippen molar-refractivity contribution in [3.05, 3.63) is 0 Å². The minimum Gasteiger partial charge on any atom is -0.0582 e. The van der Waals surface area contributed by atoms with Gasteiger partial charge in [0, 0.05) is 0 Å². The normalized spacial score (nSPS) is 113. The van der Waals surface area contributed by atoms with Crippen LogP contribution >= 0.6 is 0 Å². The average Bonchev–Trinajstić information content (AvgIpc) is 2.71. The molecule has 0 radical (unpaired) electrons. The van der Waals surface area contributed by atoms with E-state index in [2.05, 4.69) is 13.8 Å². The van der Waals surface area contributed by atoms with Gasteiger partial charge < -0.3 is 0 Å². The van der Waals surface area contributed by atoms with E-state index in [0.717, 1.165) is 43.3 Å². The number of fused-ring (bicyclic) bond motifs is 6. The molecule has 13 rings (SSSR count). The third-order valence-electron chi connectivity index (χ3n) is 17.9. The van der Waals surface area contributed by atoms with Crippen molar-refractivity contribution in [2.75, 3.05) is 0 Å². The minimum atomic E-state index is 0.887. The van der Waals surface area contributed by atoms with Crippen LogP contribution in [-0.4, -0.2) is 0 Å². The second-order valence-electron chi connectivity index (χ2n) is 14.2. The summed E-state index contributed by atoms with van der Waals surface area (Å²) < 4.78 is 0. The van der Waals surface area contributed by atoms with Crippen LogP contribution in [0.3, 0.4) is 0 Å². The Morgan fingerprint density at radius 3 is 1.96 bits per heavy atom. The van der Waals surface area contributed by atoms with Crippen LogP contribution in [0.2, 0.25) is 0 Å². The Hall–Kier alpha value is 0. The van der Waals surface area contributed by atoms with Crippen LogP contribution in [0.1, 0.15) is 39.5 Å². The summed E-state index contributed by atoms with van der Waals surface area (Å²) in [6.07, 6.45) is 6.92. The maximum Gasteiger partial charge on any atom is -0.00548 e. The van der Waals surface area contributed by atoms with Gasteiger partial charge in [-0.05, 0) is 128 Å². The Labute approximate surface area is 142 Å². The van der Waals surface area contributed by atoms with Gasteiger partial charge in [0.05, 0.1) is 0 Å². The van der Waals surface area contributed by atoms with Crippen molar-refractivity contribution in [1.29, 1.82) is 0 Å². The first kappa shape index (κ1) is 9.80. The van der Waals surface area contributed by atoms with E-state index in [-0.39, 0.29) is 0 Å². The van der Waals surface area contributed by atoms with Gasteiger partial charge in [-0.25, -0.2) is 0 Å². The van der Waals surface area contributed by atoms with Crippen molar-refractivity contribution < 1.29 is 0 Å². The molecule has 0 heterocycles. The third kappa shape index (κ3) is 0.269. The summed E-state index contributed by atoms with van der Waals surface area (Å²) in [5.41, 5.74) is 7.79. The van der Waals surface area contributed by atoms with E-state index in [1.54, 1.807) is 25.7 Å². The van der Waals surface area contributed by atoms with E-state index in [1.807, 2.05) is 0 Å². The lowest BCUT2D eigenvalue weighted by Crippen LogP contribution is -3.29. The molecule has 0 N–H and O–H groups in total. The average molecular weight is 312 g/mol. The van der Waals surface area contributed by atoms with Gasteiger partial charge >= 0.3 is 0 Å². The van der Waals surface area contributed by atoms with Crippen molar-refractivity contribution in [2.24, 2.45) is 102 Å². The quantitative estimate of drug-likeness (QED) is 0.638. The summed E-state index contributed by atoms with van der Waals surface area (Å²) in [5, 5.41) is 0. The Balaban J connectivity index is 1.34. The van der Waals surface area contributed by atoms with Crippen molar-refractivity contribution in [3.63, 3.8) is 0 Å². The highest BCUT2D eigenvalue weighted by atomic mass is 15.4. The summed E-state index contributed by atoms with van der Waals surface area (Å²) in [7, 11) is 0. The summed E-state index contributed by atoms with van der Waals surface area (Å²) >= 11 is 0. The van der Waals surface area contributed by atoms with Gasteiger partial charge in [0.1, 0.15) is 0 Å². The molecule has 24 heavy (non-hydrogen) atoms. The largest absolute Gasteiger partial charge is 0.0582 e. The van der Waals surface area contributed by atoms with Crippen LogP contribution < -0.4 is 0 Å². The first-order chi connectivity index (χ1) is 11.7. The molecule has 0 aromatic heterocycles. The summed E-state index contributed by atoms with van der Waals surface area (Å²) in [6, 6.07) is 0. The monoisotopic (exact) mass is 312 g/mol. The van der Waals surface area contributed by atoms with Gasteiger partial charge in [0.25, 0.3) is 0 Å². The zero-order chi connectivity index (χ0) is 14.6. The highest BCUT2D eigenvalue weighted by Gasteiger charge is 3.35. The predicted octanol–water partition coefficient (Wildman–Crippen LogP) is 3.82. The molecule has 18 unspecified atom stereocenters. The fraction of sp³-hybridized carbons (Fsp3) is 1.00. The molecule has 18 atom stereocenters. The Morgan fingerprint density at radius 2 is 1.08 bits per heavy atom. The maximum absolute atomic E-state index is 2.98. The molecule has 6 spiro atoms. The highest BCUT2D eigenvalue weighted by molar-refractivity contribution is 5.81. The van der Waals surface area contributed by atoms with Gasteiger partial charge in [-0.3, -0.25) is 0 Å². The molecular formula is C24H24. The molecule has 13 aliphatic carbocycles. The summed E-state index contributed by atoms with van der Waals surface area (Å²) in [4.78, 5) is 0. The predicted molar refractivity (Wildman–Crippen MR) is 84.2 cm³/mol. The second kappa shape index (κ2) is 1.66. The summed E-state index contributed by atoms with van der Waals surface area (Å²) in [5.74, 6) is 12.7. The van der Waals surface area contributed by atoms with Crippen LogP contribution in [0, 0.1) is 102 Å². The molecule has 0 heteroatoms. The van der Waals surface area contributed by atoms with Crippen molar-refractivity contribution >= 4 is 0 Å². The van der Waals surface area contributed by atoms with Gasteiger partial charge in [-0.2, -0.15) is 0 Å².